The topological polar surface area (TPSA) is 74.3 Å². The second kappa shape index (κ2) is 9.43. The van der Waals surface area contributed by atoms with Crippen LogP contribution < -0.4 is 15.4 Å². The van der Waals surface area contributed by atoms with Crippen molar-refractivity contribution in [3.05, 3.63) is 72.2 Å². The minimum absolute atomic E-state index is 0.534. The molecule has 1 heterocycles. The van der Waals surface area contributed by atoms with Crippen LogP contribution in [-0.4, -0.2) is 29.6 Å². The van der Waals surface area contributed by atoms with E-state index in [4.69, 9.17) is 4.74 Å². The van der Waals surface area contributed by atoms with Crippen molar-refractivity contribution < 1.29 is 4.74 Å². The Morgan fingerprint density at radius 2 is 1.85 bits per heavy atom. The molecule has 3 rings (SSSR count). The molecular weight excluding hydrogens is 338 g/mol. The molecule has 3 aromatic rings. The summed E-state index contributed by atoms with van der Waals surface area (Å²) in [5.74, 6) is 2.44. The number of para-hydroxylation sites is 1. The molecule has 0 fully saturated rings. The average Bonchev–Trinajstić information content (AvgIpc) is 3.20. The number of guanidine groups is 1. The summed E-state index contributed by atoms with van der Waals surface area (Å²) >= 11 is 0. The zero-order chi connectivity index (χ0) is 18.9. The van der Waals surface area contributed by atoms with Gasteiger partial charge in [-0.25, -0.2) is 9.98 Å². The first-order chi connectivity index (χ1) is 13.3. The predicted molar refractivity (Wildman–Crippen MR) is 109 cm³/mol. The summed E-state index contributed by atoms with van der Waals surface area (Å²) in [5, 5.41) is 6.57. The molecule has 0 aliphatic rings. The third-order valence-corrected chi connectivity index (χ3v) is 4.08. The highest BCUT2D eigenvalue weighted by Gasteiger charge is 2.05. The third kappa shape index (κ3) is 5.10. The van der Waals surface area contributed by atoms with Crippen LogP contribution in [0, 0.1) is 0 Å². The van der Waals surface area contributed by atoms with E-state index in [0.717, 1.165) is 40.9 Å². The summed E-state index contributed by atoms with van der Waals surface area (Å²) in [4.78, 5) is 12.4. The lowest BCUT2D eigenvalue weighted by atomic mass is 10.2. The van der Waals surface area contributed by atoms with Crippen LogP contribution in [0.3, 0.4) is 0 Å². The number of aromatic amines is 1. The number of imidazole rings is 1. The number of nitrogens with one attached hydrogen (secondary N) is 3. The largest absolute Gasteiger partial charge is 0.496 e. The SMILES string of the molecule is CCNC(=NCc1ccccc1OC)NCc1ncc(-c2ccccc2)[nH]1. The molecule has 0 saturated heterocycles. The van der Waals surface area contributed by atoms with Gasteiger partial charge in [0.1, 0.15) is 11.6 Å². The van der Waals surface area contributed by atoms with Gasteiger partial charge in [-0.3, -0.25) is 0 Å². The van der Waals surface area contributed by atoms with Crippen LogP contribution in [0.4, 0.5) is 0 Å². The lowest BCUT2D eigenvalue weighted by molar-refractivity contribution is 0.410. The van der Waals surface area contributed by atoms with Crippen molar-refractivity contribution in [2.24, 2.45) is 4.99 Å². The highest BCUT2D eigenvalue weighted by atomic mass is 16.5. The van der Waals surface area contributed by atoms with Gasteiger partial charge in [0.25, 0.3) is 0 Å². The minimum Gasteiger partial charge on any atom is -0.496 e. The highest BCUT2D eigenvalue weighted by Crippen LogP contribution is 2.18. The predicted octanol–water partition coefficient (Wildman–Crippen LogP) is 3.34. The van der Waals surface area contributed by atoms with Gasteiger partial charge >= 0.3 is 0 Å². The third-order valence-electron chi connectivity index (χ3n) is 4.08. The maximum Gasteiger partial charge on any atom is 0.191 e. The molecule has 3 N–H and O–H groups in total. The number of benzene rings is 2. The molecule has 0 amide bonds. The first-order valence-corrected chi connectivity index (χ1v) is 9.03. The quantitative estimate of drug-likeness (QED) is 0.445. The Hall–Kier alpha value is -3.28. The van der Waals surface area contributed by atoms with Crippen molar-refractivity contribution in [1.29, 1.82) is 0 Å². The number of hydrogen-bond donors (Lipinski definition) is 3. The van der Waals surface area contributed by atoms with Gasteiger partial charge in [-0.15, -0.1) is 0 Å². The van der Waals surface area contributed by atoms with E-state index >= 15 is 0 Å². The molecule has 0 unspecified atom stereocenters. The standard InChI is InChI=1S/C21H25N5O/c1-3-22-21(24-13-17-11-7-8-12-19(17)27-2)25-15-20-23-14-18(26-20)16-9-5-4-6-10-16/h4-12,14H,3,13,15H2,1-2H3,(H,23,26)(H2,22,24,25). The highest BCUT2D eigenvalue weighted by molar-refractivity contribution is 5.79. The van der Waals surface area contributed by atoms with E-state index in [9.17, 15) is 0 Å². The lowest BCUT2D eigenvalue weighted by Crippen LogP contribution is -2.37. The fourth-order valence-electron chi connectivity index (χ4n) is 2.72. The van der Waals surface area contributed by atoms with Crippen molar-refractivity contribution in [2.45, 2.75) is 20.0 Å². The van der Waals surface area contributed by atoms with Gasteiger partial charge < -0.3 is 20.4 Å². The van der Waals surface area contributed by atoms with Crippen molar-refractivity contribution >= 4 is 5.96 Å². The summed E-state index contributed by atoms with van der Waals surface area (Å²) in [7, 11) is 1.67. The molecule has 0 radical (unpaired) electrons. The van der Waals surface area contributed by atoms with E-state index in [-0.39, 0.29) is 0 Å². The Kier molecular flexibility index (Phi) is 6.46. The fourth-order valence-corrected chi connectivity index (χ4v) is 2.72. The molecule has 6 heteroatoms. The van der Waals surface area contributed by atoms with E-state index in [1.165, 1.54) is 0 Å². The van der Waals surface area contributed by atoms with Gasteiger partial charge in [0.2, 0.25) is 0 Å². The van der Waals surface area contributed by atoms with Crippen LogP contribution in [0.1, 0.15) is 18.3 Å². The zero-order valence-electron chi connectivity index (χ0n) is 15.7. The molecule has 0 spiro atoms. The van der Waals surface area contributed by atoms with E-state index in [1.54, 1.807) is 7.11 Å². The fraction of sp³-hybridized carbons (Fsp3) is 0.238. The van der Waals surface area contributed by atoms with Crippen LogP contribution in [0.15, 0.2) is 65.8 Å². The first kappa shape index (κ1) is 18.5. The van der Waals surface area contributed by atoms with Crippen molar-refractivity contribution in [3.8, 4) is 17.0 Å². The number of H-pyrrole nitrogens is 1. The van der Waals surface area contributed by atoms with E-state index in [1.807, 2.05) is 55.6 Å². The monoisotopic (exact) mass is 363 g/mol. The van der Waals surface area contributed by atoms with E-state index in [2.05, 4.69) is 37.7 Å². The molecular formula is C21H25N5O. The summed E-state index contributed by atoms with van der Waals surface area (Å²) in [6.07, 6.45) is 1.85. The van der Waals surface area contributed by atoms with E-state index in [0.29, 0.717) is 13.1 Å². The number of aliphatic imine (C=N–C) groups is 1. The van der Waals surface area contributed by atoms with E-state index < -0.39 is 0 Å². The van der Waals surface area contributed by atoms with Crippen molar-refractivity contribution in [2.75, 3.05) is 13.7 Å². The van der Waals surface area contributed by atoms with Gasteiger partial charge in [-0.05, 0) is 18.6 Å². The second-order valence-corrected chi connectivity index (χ2v) is 5.97. The zero-order valence-corrected chi connectivity index (χ0v) is 15.7. The molecule has 0 aliphatic carbocycles. The van der Waals surface area contributed by atoms with Gasteiger partial charge in [0.15, 0.2) is 5.96 Å². The summed E-state index contributed by atoms with van der Waals surface area (Å²) in [5.41, 5.74) is 3.16. The van der Waals surface area contributed by atoms with Crippen LogP contribution >= 0.6 is 0 Å². The Morgan fingerprint density at radius 1 is 1.07 bits per heavy atom. The molecule has 6 nitrogen and oxygen atoms in total. The molecule has 140 valence electrons. The number of nitrogens with zero attached hydrogens (tertiary/aromatic N) is 2. The molecule has 0 atom stereocenters. The maximum absolute atomic E-state index is 5.39. The Labute approximate surface area is 159 Å². The molecule has 0 aliphatic heterocycles. The van der Waals surface area contributed by atoms with Crippen LogP contribution in [0.25, 0.3) is 11.3 Å². The van der Waals surface area contributed by atoms with Gasteiger partial charge in [0.05, 0.1) is 32.1 Å². The number of aromatic nitrogens is 2. The van der Waals surface area contributed by atoms with Crippen LogP contribution in [-0.2, 0) is 13.1 Å². The smallest absolute Gasteiger partial charge is 0.191 e. The van der Waals surface area contributed by atoms with Gasteiger partial charge in [-0.1, -0.05) is 48.5 Å². The van der Waals surface area contributed by atoms with Crippen LogP contribution in [0.2, 0.25) is 0 Å². The number of rotatable bonds is 7. The Bertz CT molecular complexity index is 873. The van der Waals surface area contributed by atoms with Crippen molar-refractivity contribution in [3.63, 3.8) is 0 Å². The number of hydrogen-bond acceptors (Lipinski definition) is 3. The normalized spacial score (nSPS) is 11.3. The molecule has 1 aromatic heterocycles. The lowest BCUT2D eigenvalue weighted by Gasteiger charge is -2.11. The molecule has 0 bridgehead atoms. The first-order valence-electron chi connectivity index (χ1n) is 9.03. The number of methoxy groups -OCH3 is 1. The molecule has 27 heavy (non-hydrogen) atoms. The number of ether oxygens (including phenoxy) is 1. The van der Waals surface area contributed by atoms with Crippen molar-refractivity contribution in [1.82, 2.24) is 20.6 Å². The maximum atomic E-state index is 5.39. The Balaban J connectivity index is 1.64. The van der Waals surface area contributed by atoms with Crippen LogP contribution in [0.5, 0.6) is 5.75 Å². The Morgan fingerprint density at radius 3 is 2.63 bits per heavy atom. The summed E-state index contributed by atoms with van der Waals surface area (Å²) < 4.78 is 5.39. The molecule has 2 aromatic carbocycles. The summed E-state index contributed by atoms with van der Waals surface area (Å²) in [6, 6.07) is 18.1. The van der Waals surface area contributed by atoms with Gasteiger partial charge in [0, 0.05) is 12.1 Å². The molecule has 0 saturated carbocycles. The minimum atomic E-state index is 0.534. The van der Waals surface area contributed by atoms with Gasteiger partial charge in [-0.2, -0.15) is 0 Å². The summed E-state index contributed by atoms with van der Waals surface area (Å²) in [6.45, 7) is 3.92. The average molecular weight is 363 g/mol. The second-order valence-electron chi connectivity index (χ2n) is 5.97.